The van der Waals surface area contributed by atoms with E-state index < -0.39 is 208 Å². The molecule has 1 aromatic heterocycles. The number of para-hydroxylation sites is 1. The molecule has 0 aliphatic rings. The van der Waals surface area contributed by atoms with Gasteiger partial charge in [-0.3, -0.25) is 0 Å². The Bertz CT molecular complexity index is 4720. The number of benzene rings is 10. The van der Waals surface area contributed by atoms with Gasteiger partial charge in [-0.15, -0.1) is 0 Å². The third-order valence-corrected chi connectivity index (χ3v) is 10.1. The third-order valence-electron chi connectivity index (χ3n) is 10.1. The van der Waals surface area contributed by atoms with E-state index in [-0.39, 0.29) is 11.1 Å². The first-order valence-electron chi connectivity index (χ1n) is 32.1. The zero-order valence-electron chi connectivity index (χ0n) is 58.1. The fourth-order valence-electron chi connectivity index (χ4n) is 7.28. The van der Waals surface area contributed by atoms with Crippen molar-refractivity contribution in [2.75, 3.05) is 4.90 Å². The van der Waals surface area contributed by atoms with Gasteiger partial charge in [0.25, 0.3) is 0 Å². The Labute approximate surface area is 399 Å². The first-order valence-corrected chi connectivity index (χ1v) is 19.1. The number of hydrogen-bond acceptors (Lipinski definition) is 1. The van der Waals surface area contributed by atoms with Crippen LogP contribution < -0.4 is 4.90 Å². The van der Waals surface area contributed by atoms with Gasteiger partial charge in [-0.1, -0.05) is 188 Å². The van der Waals surface area contributed by atoms with Gasteiger partial charge < -0.3 is 9.47 Å². The van der Waals surface area contributed by atoms with Crippen LogP contribution in [0.25, 0.3) is 83.1 Å². The Hall–Kier alpha value is -8.20. The van der Waals surface area contributed by atoms with Crippen molar-refractivity contribution in [1.29, 1.82) is 0 Å². The Morgan fingerprint density at radius 1 is 0.339 bits per heavy atom. The molecule has 2 nitrogen and oxygen atoms in total. The van der Waals surface area contributed by atoms with E-state index in [0.29, 0.717) is 15.8 Å². The monoisotopic (exact) mass is 816 g/mol. The summed E-state index contributed by atoms with van der Waals surface area (Å²) < 4.78 is 239. The zero-order valence-corrected chi connectivity index (χ0v) is 32.1. The van der Waals surface area contributed by atoms with Crippen molar-refractivity contribution in [2.45, 2.75) is 0 Å². The van der Waals surface area contributed by atoms with Gasteiger partial charge in [0, 0.05) is 33.4 Å². The van der Waals surface area contributed by atoms with Crippen molar-refractivity contribution in [2.24, 2.45) is 0 Å². The van der Waals surface area contributed by atoms with Crippen molar-refractivity contribution in [1.82, 2.24) is 4.57 Å². The Kier molecular flexibility index (Phi) is 4.83. The van der Waals surface area contributed by atoms with Crippen molar-refractivity contribution < 1.29 is 35.6 Å². The van der Waals surface area contributed by atoms with Gasteiger partial charge in [0.1, 0.15) is 0 Å². The fourth-order valence-corrected chi connectivity index (χ4v) is 7.28. The van der Waals surface area contributed by atoms with Gasteiger partial charge in [-0.05, 0) is 117 Å². The standard InChI is InChI=1S/C60H42N2/c1-5-15-43(16-6-1)46-25-33-52(34-26-46)61(59-39-31-50(45-19-9-3-10-20-45)41-56(59)49-21-11-4-12-22-49)53-35-29-48(30-36-53)51-32-40-60-57(42-51)55-23-13-14-24-58(55)62(60)54-37-27-47(28-38-54)44-17-7-2-8-18-44/h1-42H/i1D,3D,4D,5D,6D,9D,10D,11D,12D,15D,16D,19D,20D,21D,22D,25D,26D,29D,30D,31D,33D,34D,35D,36D,39D,41D. The molecule has 11 aromatic rings. The molecule has 0 radical (unpaired) electrons. The van der Waals surface area contributed by atoms with Crippen LogP contribution in [0.3, 0.4) is 0 Å². The molecule has 0 saturated carbocycles. The highest BCUT2D eigenvalue weighted by Crippen LogP contribution is 2.44. The van der Waals surface area contributed by atoms with Gasteiger partial charge in [0.05, 0.1) is 52.4 Å². The molecule has 0 fully saturated rings. The second-order valence-corrected chi connectivity index (χ2v) is 13.8. The number of anilines is 3. The van der Waals surface area contributed by atoms with Crippen LogP contribution >= 0.6 is 0 Å². The molecule has 292 valence electrons. The summed E-state index contributed by atoms with van der Waals surface area (Å²) in [5.41, 5.74) is -4.82. The van der Waals surface area contributed by atoms with Crippen LogP contribution in [-0.2, 0) is 0 Å². The van der Waals surface area contributed by atoms with E-state index >= 15 is 0 Å². The molecule has 0 bridgehead atoms. The SMILES string of the molecule is [2H]c1c([2H])c([2H])c(-c2c([2H])c([2H])c(N(c3c([2H])c([2H])c(-c4ccc5c(c4)c4ccccc4n5-c4ccc(-c5ccccc5)cc4)c([2H])c3[2H])c3c([2H])c([2H])c(-c4c([2H])c([2H])c([2H])c([2H])c4[2H])c([2H])c3-c3c([2H])c([2H])c([2H])c([2H])c3[2H])c([2H])c2[2H])c([2H])c1[2H]. The van der Waals surface area contributed by atoms with Crippen molar-refractivity contribution in [3.8, 4) is 61.3 Å². The van der Waals surface area contributed by atoms with Gasteiger partial charge in [-0.25, -0.2) is 0 Å². The lowest BCUT2D eigenvalue weighted by Crippen LogP contribution is -2.11. The van der Waals surface area contributed by atoms with Crippen LogP contribution in [0.4, 0.5) is 17.1 Å². The van der Waals surface area contributed by atoms with E-state index in [9.17, 15) is 17.8 Å². The average Bonchev–Trinajstić information content (AvgIpc) is 0.854. The number of rotatable bonds is 9. The normalized spacial score (nSPS) is 17.1. The topological polar surface area (TPSA) is 8.17 Å². The highest BCUT2D eigenvalue weighted by Gasteiger charge is 2.20. The van der Waals surface area contributed by atoms with E-state index in [0.717, 1.165) is 27.7 Å². The Morgan fingerprint density at radius 2 is 0.823 bits per heavy atom. The molecule has 11 rings (SSSR count). The maximum absolute atomic E-state index is 9.97. The van der Waals surface area contributed by atoms with E-state index in [4.69, 9.17) is 17.8 Å². The van der Waals surface area contributed by atoms with Crippen LogP contribution in [0.1, 0.15) is 35.6 Å². The molecule has 10 aromatic carbocycles. The smallest absolute Gasteiger partial charge is 0.0645 e. The fraction of sp³-hybridized carbons (Fsp3) is 0. The molecule has 62 heavy (non-hydrogen) atoms. The molecule has 2 heteroatoms. The molecule has 0 aliphatic carbocycles. The second-order valence-electron chi connectivity index (χ2n) is 13.8. The van der Waals surface area contributed by atoms with Crippen LogP contribution in [0.5, 0.6) is 0 Å². The largest absolute Gasteiger partial charge is 0.310 e. The Morgan fingerprint density at radius 3 is 1.47 bits per heavy atom. The van der Waals surface area contributed by atoms with E-state index in [2.05, 4.69) is 0 Å². The molecule has 0 saturated heterocycles. The summed E-state index contributed by atoms with van der Waals surface area (Å²) >= 11 is 0. The van der Waals surface area contributed by atoms with Crippen molar-refractivity contribution in [3.05, 3.63) is 254 Å². The molecular weight excluding hydrogens is 749 g/mol. The molecule has 0 N–H and O–H groups in total. The summed E-state index contributed by atoms with van der Waals surface area (Å²) in [6, 6.07) is 2.99. The maximum atomic E-state index is 9.97. The summed E-state index contributed by atoms with van der Waals surface area (Å²) in [6.07, 6.45) is 0. The van der Waals surface area contributed by atoms with Crippen LogP contribution in [-0.4, -0.2) is 4.57 Å². The van der Waals surface area contributed by atoms with E-state index in [1.807, 2.05) is 83.4 Å². The maximum Gasteiger partial charge on any atom is 0.0645 e. The van der Waals surface area contributed by atoms with E-state index in [1.54, 1.807) is 18.2 Å². The summed E-state index contributed by atoms with van der Waals surface area (Å²) in [5.74, 6) is 0. The summed E-state index contributed by atoms with van der Waals surface area (Å²) in [4.78, 5) is 0.428. The summed E-state index contributed by atoms with van der Waals surface area (Å²) in [6.45, 7) is 0. The minimum absolute atomic E-state index is 0.128. The van der Waals surface area contributed by atoms with Gasteiger partial charge in [-0.2, -0.15) is 0 Å². The molecule has 0 aliphatic heterocycles. The minimum Gasteiger partial charge on any atom is -0.310 e. The summed E-state index contributed by atoms with van der Waals surface area (Å²) in [7, 11) is 0. The predicted molar refractivity (Wildman–Crippen MR) is 263 cm³/mol. The third kappa shape index (κ3) is 6.94. The highest BCUT2D eigenvalue weighted by molar-refractivity contribution is 6.10. The van der Waals surface area contributed by atoms with Crippen molar-refractivity contribution in [3.63, 3.8) is 0 Å². The van der Waals surface area contributed by atoms with E-state index in [1.165, 1.54) is 0 Å². The first kappa shape index (κ1) is 18.6. The molecule has 0 amide bonds. The number of hydrogen-bond donors (Lipinski definition) is 0. The summed E-state index contributed by atoms with van der Waals surface area (Å²) in [5, 5.41) is 1.34. The second kappa shape index (κ2) is 16.1. The lowest BCUT2D eigenvalue weighted by Gasteiger charge is -2.29. The Balaban J connectivity index is 1.26. The molecule has 0 spiro atoms. The van der Waals surface area contributed by atoms with Crippen molar-refractivity contribution >= 4 is 38.9 Å². The minimum atomic E-state index is -1.27. The molecule has 0 unspecified atom stereocenters. The van der Waals surface area contributed by atoms with Crippen LogP contribution in [0.2, 0.25) is 0 Å². The highest BCUT2D eigenvalue weighted by atomic mass is 15.1. The molecule has 0 atom stereocenters. The molecule has 1 heterocycles. The zero-order chi connectivity index (χ0) is 63.9. The molecular formula is C60H42N2. The quantitative estimate of drug-likeness (QED) is 0.141. The average molecular weight is 817 g/mol. The number of aromatic nitrogens is 1. The predicted octanol–water partition coefficient (Wildman–Crippen LogP) is 16.6. The van der Waals surface area contributed by atoms with Gasteiger partial charge in [0.15, 0.2) is 0 Å². The lowest BCUT2D eigenvalue weighted by molar-refractivity contribution is 1.18. The van der Waals surface area contributed by atoms with Crippen LogP contribution in [0, 0.1) is 0 Å². The first-order chi connectivity index (χ1) is 41.6. The van der Waals surface area contributed by atoms with Gasteiger partial charge >= 0.3 is 0 Å². The van der Waals surface area contributed by atoms with Crippen LogP contribution in [0.15, 0.2) is 254 Å². The number of nitrogens with zero attached hydrogens (tertiary/aromatic N) is 2. The number of fused-ring (bicyclic) bond motifs is 3. The van der Waals surface area contributed by atoms with Gasteiger partial charge in [0.2, 0.25) is 0 Å². The lowest BCUT2D eigenvalue weighted by atomic mass is 9.96.